The first kappa shape index (κ1) is 15.6. The molecule has 2 nitrogen and oxygen atoms in total. The zero-order valence-corrected chi connectivity index (χ0v) is 12.2. The molecule has 0 saturated carbocycles. The van der Waals surface area contributed by atoms with E-state index in [2.05, 4.69) is 26.2 Å². The number of rotatable bonds is 8. The minimum atomic E-state index is -1.10. The number of hydrogen-bond acceptors (Lipinski definition) is 2. The fourth-order valence-electron chi connectivity index (χ4n) is 1.84. The molecular weight excluding hydrogens is 216 g/mol. The quantitative estimate of drug-likeness (QED) is 0.523. The zero-order chi connectivity index (χ0) is 12.8. The number of hydrogen-bond donors (Lipinski definition) is 1. The van der Waals surface area contributed by atoms with Gasteiger partial charge in [-0.1, -0.05) is 25.2 Å². The minimum absolute atomic E-state index is 0.202. The first-order valence-electron chi connectivity index (χ1n) is 6.05. The Morgan fingerprint density at radius 1 is 1.38 bits per heavy atom. The van der Waals surface area contributed by atoms with Crippen LogP contribution in [0, 0.1) is 0 Å². The Kier molecular flexibility index (Phi) is 6.84. The molecule has 0 aromatic carbocycles. The van der Waals surface area contributed by atoms with E-state index in [4.69, 9.17) is 0 Å². The van der Waals surface area contributed by atoms with Gasteiger partial charge in [0.2, 0.25) is 0 Å². The van der Waals surface area contributed by atoms with E-state index in [9.17, 15) is 9.90 Å². The molecule has 16 heavy (non-hydrogen) atoms. The molecule has 1 atom stereocenters. The number of carbonyl (C=O) groups excluding carboxylic acids is 1. The van der Waals surface area contributed by atoms with Crippen molar-refractivity contribution in [2.45, 2.75) is 64.4 Å². The summed E-state index contributed by atoms with van der Waals surface area (Å²) < 4.78 is 0. The highest BCUT2D eigenvalue weighted by Crippen LogP contribution is 2.20. The van der Waals surface area contributed by atoms with Gasteiger partial charge in [0.1, 0.15) is 5.78 Å². The summed E-state index contributed by atoms with van der Waals surface area (Å²) in [5.41, 5.74) is 1.16. The molecule has 0 heterocycles. The van der Waals surface area contributed by atoms with Gasteiger partial charge < -0.3 is 9.90 Å². The molecule has 3 heteroatoms. The van der Waals surface area contributed by atoms with E-state index in [-0.39, 0.29) is 11.9 Å². The molecule has 0 bridgehead atoms. The van der Waals surface area contributed by atoms with Crippen LogP contribution in [0.25, 0.3) is 0 Å². The summed E-state index contributed by atoms with van der Waals surface area (Å²) in [6.45, 7) is 12.5. The maximum absolute atomic E-state index is 10.7. The Morgan fingerprint density at radius 2 is 1.94 bits per heavy atom. The summed E-state index contributed by atoms with van der Waals surface area (Å²) >= 11 is 0. The average Bonchev–Trinajstić information content (AvgIpc) is 1.98. The average molecular weight is 242 g/mol. The van der Waals surface area contributed by atoms with Gasteiger partial charge in [-0.2, -0.15) is 0 Å². The standard InChI is InChI=1S/C13H26O2Si/c1-11(10-16(3,4)5)9-13(15)8-6-7-12(2)14/h13,15H,1,6-10H2,2-5H3/t13-/m1/s1. The summed E-state index contributed by atoms with van der Waals surface area (Å²) in [5.74, 6) is 0.202. The second kappa shape index (κ2) is 7.02. The van der Waals surface area contributed by atoms with E-state index in [0.717, 1.165) is 18.0 Å². The SMILES string of the molecule is C=C(C[C@H](O)CCCC(C)=O)C[Si](C)(C)C. The third kappa shape index (κ3) is 10.1. The van der Waals surface area contributed by atoms with Crippen molar-refractivity contribution in [2.75, 3.05) is 0 Å². The lowest BCUT2D eigenvalue weighted by Crippen LogP contribution is -2.21. The number of carbonyl (C=O) groups is 1. The molecule has 0 fully saturated rings. The summed E-state index contributed by atoms with van der Waals surface area (Å²) in [6.07, 6.45) is 2.46. The molecule has 0 unspecified atom stereocenters. The molecule has 0 rings (SSSR count). The second-order valence-electron chi connectivity index (χ2n) is 5.94. The van der Waals surface area contributed by atoms with Crippen molar-refractivity contribution < 1.29 is 9.90 Å². The normalized spacial score (nSPS) is 13.6. The van der Waals surface area contributed by atoms with Crippen molar-refractivity contribution in [1.29, 1.82) is 0 Å². The van der Waals surface area contributed by atoms with Gasteiger partial charge in [0, 0.05) is 14.5 Å². The summed E-state index contributed by atoms with van der Waals surface area (Å²) in [5, 5.41) is 9.77. The van der Waals surface area contributed by atoms with E-state index >= 15 is 0 Å². The molecular formula is C13H26O2Si. The third-order valence-corrected chi connectivity index (χ3v) is 3.93. The van der Waals surface area contributed by atoms with Gasteiger partial charge in [0.05, 0.1) is 6.10 Å². The van der Waals surface area contributed by atoms with Crippen LogP contribution in [-0.2, 0) is 4.79 Å². The number of aliphatic hydroxyl groups is 1. The Balaban J connectivity index is 3.74. The topological polar surface area (TPSA) is 37.3 Å². The van der Waals surface area contributed by atoms with Crippen LogP contribution in [0.3, 0.4) is 0 Å². The van der Waals surface area contributed by atoms with E-state index in [1.54, 1.807) is 6.92 Å². The monoisotopic (exact) mass is 242 g/mol. The predicted octanol–water partition coefficient (Wildman–Crippen LogP) is 3.39. The molecule has 0 saturated heterocycles. The van der Waals surface area contributed by atoms with Crippen LogP contribution in [0.15, 0.2) is 12.2 Å². The maximum Gasteiger partial charge on any atom is 0.129 e. The minimum Gasteiger partial charge on any atom is -0.393 e. The molecule has 94 valence electrons. The predicted molar refractivity (Wildman–Crippen MR) is 72.4 cm³/mol. The van der Waals surface area contributed by atoms with Crippen molar-refractivity contribution in [2.24, 2.45) is 0 Å². The van der Waals surface area contributed by atoms with Crippen LogP contribution in [0.1, 0.15) is 32.6 Å². The van der Waals surface area contributed by atoms with Crippen molar-refractivity contribution >= 4 is 13.9 Å². The molecule has 0 aliphatic rings. The van der Waals surface area contributed by atoms with Crippen molar-refractivity contribution in [3.8, 4) is 0 Å². The van der Waals surface area contributed by atoms with Gasteiger partial charge in [-0.05, 0) is 32.2 Å². The lowest BCUT2D eigenvalue weighted by Gasteiger charge is -2.19. The van der Waals surface area contributed by atoms with Crippen LogP contribution in [-0.4, -0.2) is 25.1 Å². The van der Waals surface area contributed by atoms with Gasteiger partial charge >= 0.3 is 0 Å². The maximum atomic E-state index is 10.7. The molecule has 0 aromatic heterocycles. The lowest BCUT2D eigenvalue weighted by molar-refractivity contribution is -0.117. The van der Waals surface area contributed by atoms with Crippen molar-refractivity contribution in [3.63, 3.8) is 0 Å². The summed E-state index contributed by atoms with van der Waals surface area (Å²) in [7, 11) is -1.10. The van der Waals surface area contributed by atoms with Gasteiger partial charge in [0.25, 0.3) is 0 Å². The highest BCUT2D eigenvalue weighted by Gasteiger charge is 2.16. The zero-order valence-electron chi connectivity index (χ0n) is 11.2. The highest BCUT2D eigenvalue weighted by molar-refractivity contribution is 6.76. The number of aliphatic hydroxyl groups excluding tert-OH is 1. The smallest absolute Gasteiger partial charge is 0.129 e. The van der Waals surface area contributed by atoms with E-state index in [1.807, 2.05) is 0 Å². The van der Waals surface area contributed by atoms with Gasteiger partial charge in [-0.25, -0.2) is 0 Å². The van der Waals surface area contributed by atoms with Crippen LogP contribution in [0.5, 0.6) is 0 Å². The Bertz CT molecular complexity index is 241. The molecule has 0 radical (unpaired) electrons. The fourth-order valence-corrected chi connectivity index (χ4v) is 3.49. The molecule has 0 amide bonds. The Labute approximate surface area is 101 Å². The van der Waals surface area contributed by atoms with Crippen LogP contribution in [0.2, 0.25) is 25.7 Å². The molecule has 0 aromatic rings. The van der Waals surface area contributed by atoms with E-state index in [0.29, 0.717) is 19.3 Å². The molecule has 0 spiro atoms. The summed E-state index contributed by atoms with van der Waals surface area (Å²) in [4.78, 5) is 10.7. The van der Waals surface area contributed by atoms with Crippen molar-refractivity contribution in [1.82, 2.24) is 0 Å². The highest BCUT2D eigenvalue weighted by atomic mass is 28.3. The Morgan fingerprint density at radius 3 is 2.38 bits per heavy atom. The van der Waals surface area contributed by atoms with Gasteiger partial charge in [-0.15, -0.1) is 6.58 Å². The number of Topliss-reactive ketones (excluding diaryl/α,β-unsaturated/α-hetero) is 1. The van der Waals surface area contributed by atoms with Crippen LogP contribution in [0.4, 0.5) is 0 Å². The largest absolute Gasteiger partial charge is 0.393 e. The second-order valence-corrected chi connectivity index (χ2v) is 11.4. The third-order valence-electron chi connectivity index (χ3n) is 2.37. The van der Waals surface area contributed by atoms with E-state index < -0.39 is 8.07 Å². The molecule has 0 aliphatic carbocycles. The first-order chi connectivity index (χ1) is 7.20. The molecule has 1 N–H and O–H groups in total. The van der Waals surface area contributed by atoms with Crippen LogP contribution < -0.4 is 0 Å². The van der Waals surface area contributed by atoms with Gasteiger partial charge in [0.15, 0.2) is 0 Å². The lowest BCUT2D eigenvalue weighted by atomic mass is 10.0. The Hall–Kier alpha value is -0.413. The fraction of sp³-hybridized carbons (Fsp3) is 0.769. The van der Waals surface area contributed by atoms with Gasteiger partial charge in [-0.3, -0.25) is 0 Å². The first-order valence-corrected chi connectivity index (χ1v) is 9.75. The van der Waals surface area contributed by atoms with E-state index in [1.165, 1.54) is 0 Å². The molecule has 0 aliphatic heterocycles. The van der Waals surface area contributed by atoms with Crippen LogP contribution >= 0.6 is 0 Å². The van der Waals surface area contributed by atoms with Crippen molar-refractivity contribution in [3.05, 3.63) is 12.2 Å². The number of ketones is 1. The summed E-state index contributed by atoms with van der Waals surface area (Å²) in [6, 6.07) is 1.08.